The lowest BCUT2D eigenvalue weighted by Gasteiger charge is -2.17. The molecular formula is C25H24BrN3O2S. The van der Waals surface area contributed by atoms with Gasteiger partial charge in [-0.3, -0.25) is 9.69 Å². The molecule has 1 heterocycles. The van der Waals surface area contributed by atoms with Crippen molar-refractivity contribution in [3.63, 3.8) is 0 Å². The molecule has 0 aliphatic carbocycles. The molecule has 0 spiro atoms. The average Bonchev–Trinajstić information content (AvgIpc) is 3.09. The van der Waals surface area contributed by atoms with Gasteiger partial charge in [0.15, 0.2) is 5.17 Å². The summed E-state index contributed by atoms with van der Waals surface area (Å²) in [7, 11) is 1.62. The molecule has 0 radical (unpaired) electrons. The number of nitrogens with zero attached hydrogens (tertiary/aromatic N) is 3. The number of carbonyl (C=O) groups is 1. The van der Waals surface area contributed by atoms with E-state index in [1.807, 2.05) is 36.4 Å². The summed E-state index contributed by atoms with van der Waals surface area (Å²) in [5, 5.41) is 11.6. The standard InChI is InChI=1S/C25H24BrN3O2S/c1-3-7-23-24(30)29(16-18-10-6-9-17-8-4-5-11-21(17)18)25(32-23)28-27-15-19-14-20(26)12-13-22(19)31-2/h4-6,8-15,23H,3,7,16H2,1-2H3/b27-15+,28-25-. The number of halogens is 1. The fraction of sp³-hybridized carbons (Fsp3) is 0.240. The zero-order valence-corrected chi connectivity index (χ0v) is 20.4. The Labute approximate surface area is 200 Å². The predicted octanol–water partition coefficient (Wildman–Crippen LogP) is 6.25. The lowest BCUT2D eigenvalue weighted by molar-refractivity contribution is -0.126. The van der Waals surface area contributed by atoms with E-state index in [0.717, 1.165) is 39.2 Å². The number of rotatable bonds is 7. The van der Waals surface area contributed by atoms with Crippen LogP contribution in [-0.2, 0) is 11.3 Å². The topological polar surface area (TPSA) is 54.3 Å². The normalized spacial score (nSPS) is 17.7. The van der Waals surface area contributed by atoms with Crippen LogP contribution in [0.4, 0.5) is 0 Å². The number of ether oxygens (including phenoxy) is 1. The molecule has 3 aromatic rings. The van der Waals surface area contributed by atoms with Crippen molar-refractivity contribution in [2.45, 2.75) is 31.6 Å². The minimum Gasteiger partial charge on any atom is -0.496 e. The summed E-state index contributed by atoms with van der Waals surface area (Å²) in [5.41, 5.74) is 1.91. The first-order chi connectivity index (χ1) is 15.6. The summed E-state index contributed by atoms with van der Waals surface area (Å²) in [6, 6.07) is 20.1. The fourth-order valence-electron chi connectivity index (χ4n) is 3.72. The monoisotopic (exact) mass is 509 g/mol. The zero-order valence-electron chi connectivity index (χ0n) is 18.0. The van der Waals surface area contributed by atoms with Gasteiger partial charge in [0.25, 0.3) is 0 Å². The first kappa shape index (κ1) is 22.6. The summed E-state index contributed by atoms with van der Waals surface area (Å²) >= 11 is 4.97. The molecule has 1 aliphatic rings. The summed E-state index contributed by atoms with van der Waals surface area (Å²) in [6.45, 7) is 2.57. The highest BCUT2D eigenvalue weighted by molar-refractivity contribution is 9.10. The molecule has 164 valence electrons. The lowest BCUT2D eigenvalue weighted by Crippen LogP contribution is -2.31. The number of amidine groups is 1. The Morgan fingerprint density at radius 2 is 1.97 bits per heavy atom. The molecule has 0 saturated carbocycles. The highest BCUT2D eigenvalue weighted by Crippen LogP contribution is 2.33. The Kier molecular flexibility index (Phi) is 7.27. The summed E-state index contributed by atoms with van der Waals surface area (Å²) in [5.74, 6) is 0.808. The van der Waals surface area contributed by atoms with Crippen molar-refractivity contribution < 1.29 is 9.53 Å². The molecule has 5 nitrogen and oxygen atoms in total. The van der Waals surface area contributed by atoms with Crippen LogP contribution in [0.25, 0.3) is 10.8 Å². The average molecular weight is 510 g/mol. The largest absolute Gasteiger partial charge is 0.496 e. The van der Waals surface area contributed by atoms with E-state index in [-0.39, 0.29) is 11.2 Å². The van der Waals surface area contributed by atoms with Crippen molar-refractivity contribution in [3.8, 4) is 5.75 Å². The highest BCUT2D eigenvalue weighted by atomic mass is 79.9. The van der Waals surface area contributed by atoms with Crippen molar-refractivity contribution in [1.82, 2.24) is 4.90 Å². The number of thioether (sulfide) groups is 1. The van der Waals surface area contributed by atoms with Crippen LogP contribution in [0, 0.1) is 0 Å². The molecular weight excluding hydrogens is 486 g/mol. The van der Waals surface area contributed by atoms with Gasteiger partial charge < -0.3 is 4.74 Å². The van der Waals surface area contributed by atoms with Gasteiger partial charge in [0.1, 0.15) is 5.75 Å². The van der Waals surface area contributed by atoms with Gasteiger partial charge in [-0.2, -0.15) is 5.10 Å². The third-order valence-electron chi connectivity index (χ3n) is 5.31. The van der Waals surface area contributed by atoms with Gasteiger partial charge in [-0.1, -0.05) is 83.5 Å². The van der Waals surface area contributed by atoms with E-state index >= 15 is 0 Å². The van der Waals surface area contributed by atoms with Crippen LogP contribution in [0.3, 0.4) is 0 Å². The second kappa shape index (κ2) is 10.3. The number of benzene rings is 3. The second-order valence-electron chi connectivity index (χ2n) is 7.47. The maximum absolute atomic E-state index is 13.2. The summed E-state index contributed by atoms with van der Waals surface area (Å²) in [4.78, 5) is 14.9. The van der Waals surface area contributed by atoms with Gasteiger partial charge in [-0.15, -0.1) is 5.10 Å². The molecule has 0 bridgehead atoms. The van der Waals surface area contributed by atoms with Gasteiger partial charge in [0.05, 0.1) is 25.1 Å². The molecule has 1 saturated heterocycles. The Bertz CT molecular complexity index is 1190. The SMILES string of the molecule is CCCC1S/C(=N\N=C\c2cc(Br)ccc2OC)N(Cc2cccc3ccccc23)C1=O. The van der Waals surface area contributed by atoms with Crippen molar-refractivity contribution in [2.75, 3.05) is 7.11 Å². The molecule has 1 atom stereocenters. The smallest absolute Gasteiger partial charge is 0.242 e. The van der Waals surface area contributed by atoms with Crippen LogP contribution in [-0.4, -0.2) is 34.5 Å². The van der Waals surface area contributed by atoms with E-state index in [4.69, 9.17) is 4.74 Å². The van der Waals surface area contributed by atoms with E-state index < -0.39 is 0 Å². The number of amides is 1. The van der Waals surface area contributed by atoms with Crippen LogP contribution < -0.4 is 4.74 Å². The minimum absolute atomic E-state index is 0.0961. The van der Waals surface area contributed by atoms with Crippen LogP contribution in [0.2, 0.25) is 0 Å². The molecule has 1 amide bonds. The number of methoxy groups -OCH3 is 1. The zero-order chi connectivity index (χ0) is 22.5. The van der Waals surface area contributed by atoms with Crippen molar-refractivity contribution >= 4 is 55.8 Å². The summed E-state index contributed by atoms with van der Waals surface area (Å²) < 4.78 is 6.33. The van der Waals surface area contributed by atoms with E-state index in [9.17, 15) is 4.79 Å². The molecule has 3 aromatic carbocycles. The van der Waals surface area contributed by atoms with E-state index in [1.165, 1.54) is 11.8 Å². The number of fused-ring (bicyclic) bond motifs is 1. The predicted molar refractivity (Wildman–Crippen MR) is 137 cm³/mol. The van der Waals surface area contributed by atoms with Crippen LogP contribution in [0.1, 0.15) is 30.9 Å². The third-order valence-corrected chi connectivity index (χ3v) is 7.04. The molecule has 1 fully saturated rings. The fourth-order valence-corrected chi connectivity index (χ4v) is 5.32. The Morgan fingerprint density at radius 1 is 1.16 bits per heavy atom. The van der Waals surface area contributed by atoms with E-state index in [1.54, 1.807) is 18.2 Å². The minimum atomic E-state index is -0.121. The first-order valence-electron chi connectivity index (χ1n) is 10.5. The Hall–Kier alpha value is -2.64. The summed E-state index contributed by atoms with van der Waals surface area (Å²) in [6.07, 6.45) is 3.42. The third kappa shape index (κ3) is 4.89. The molecule has 7 heteroatoms. The quantitative estimate of drug-likeness (QED) is 0.279. The van der Waals surface area contributed by atoms with E-state index in [2.05, 4.69) is 57.3 Å². The molecule has 0 N–H and O–H groups in total. The van der Waals surface area contributed by atoms with Gasteiger partial charge in [-0.25, -0.2) is 0 Å². The molecule has 0 aromatic heterocycles. The lowest BCUT2D eigenvalue weighted by atomic mass is 10.0. The maximum Gasteiger partial charge on any atom is 0.242 e. The van der Waals surface area contributed by atoms with Crippen molar-refractivity contribution in [1.29, 1.82) is 0 Å². The second-order valence-corrected chi connectivity index (χ2v) is 9.56. The Morgan fingerprint density at radius 3 is 2.78 bits per heavy atom. The number of hydrogen-bond donors (Lipinski definition) is 0. The van der Waals surface area contributed by atoms with Gasteiger partial charge in [0, 0.05) is 10.0 Å². The van der Waals surface area contributed by atoms with Crippen LogP contribution in [0.5, 0.6) is 5.75 Å². The van der Waals surface area contributed by atoms with Crippen molar-refractivity contribution in [2.24, 2.45) is 10.2 Å². The number of hydrogen-bond acceptors (Lipinski definition) is 5. The van der Waals surface area contributed by atoms with Gasteiger partial charge in [-0.05, 0) is 41.0 Å². The maximum atomic E-state index is 13.2. The molecule has 1 unspecified atom stereocenters. The first-order valence-corrected chi connectivity index (χ1v) is 12.2. The molecule has 32 heavy (non-hydrogen) atoms. The van der Waals surface area contributed by atoms with E-state index in [0.29, 0.717) is 17.5 Å². The van der Waals surface area contributed by atoms with Crippen molar-refractivity contribution in [3.05, 3.63) is 76.3 Å². The highest BCUT2D eigenvalue weighted by Gasteiger charge is 2.37. The molecule has 4 rings (SSSR count). The van der Waals surface area contributed by atoms with Crippen LogP contribution >= 0.6 is 27.7 Å². The molecule has 1 aliphatic heterocycles. The number of carbonyl (C=O) groups excluding carboxylic acids is 1. The van der Waals surface area contributed by atoms with Crippen LogP contribution in [0.15, 0.2) is 75.3 Å². The van der Waals surface area contributed by atoms with Gasteiger partial charge >= 0.3 is 0 Å². The van der Waals surface area contributed by atoms with Gasteiger partial charge in [0.2, 0.25) is 5.91 Å². The Balaban J connectivity index is 1.64.